The quantitative estimate of drug-likeness (QED) is 0.590. The Bertz CT molecular complexity index is 991. The summed E-state index contributed by atoms with van der Waals surface area (Å²) in [4.78, 5) is 36.2. The lowest BCUT2D eigenvalue weighted by Gasteiger charge is -2.29. The van der Waals surface area contributed by atoms with Gasteiger partial charge in [0.05, 0.1) is 5.92 Å². The third-order valence-electron chi connectivity index (χ3n) is 6.63. The molecule has 1 saturated carbocycles. The lowest BCUT2D eigenvalue weighted by Crippen LogP contribution is -2.47. The zero-order valence-electron chi connectivity index (χ0n) is 18.8. The van der Waals surface area contributed by atoms with Crippen LogP contribution >= 0.6 is 0 Å². The van der Waals surface area contributed by atoms with E-state index >= 15 is 0 Å². The van der Waals surface area contributed by atoms with Crippen LogP contribution in [-0.4, -0.2) is 41.8 Å². The Kier molecular flexibility index (Phi) is 6.96. The number of aliphatic carboxylic acids is 1. The number of ether oxygens (including phenoxy) is 1. The average Bonchev–Trinajstić information content (AvgIpc) is 3.11. The molecule has 2 aromatic carbocycles. The van der Waals surface area contributed by atoms with Crippen molar-refractivity contribution in [2.75, 3.05) is 6.61 Å². The van der Waals surface area contributed by atoms with Crippen molar-refractivity contribution in [3.8, 4) is 11.1 Å². The van der Waals surface area contributed by atoms with Crippen LogP contribution < -0.4 is 10.6 Å². The maximum atomic E-state index is 12.4. The maximum absolute atomic E-state index is 12.4. The molecule has 0 heterocycles. The highest BCUT2D eigenvalue weighted by atomic mass is 16.5. The Hall–Kier alpha value is -3.35. The van der Waals surface area contributed by atoms with Gasteiger partial charge in [-0.1, -0.05) is 61.4 Å². The lowest BCUT2D eigenvalue weighted by molar-refractivity contribution is -0.144. The molecule has 0 aliphatic heterocycles. The first-order valence-electron chi connectivity index (χ1n) is 11.6. The summed E-state index contributed by atoms with van der Waals surface area (Å²) in [5, 5.41) is 14.9. The average molecular weight is 451 g/mol. The number of hydrogen-bond acceptors (Lipinski definition) is 4. The van der Waals surface area contributed by atoms with Crippen molar-refractivity contribution < 1.29 is 24.2 Å². The topological polar surface area (TPSA) is 105 Å². The van der Waals surface area contributed by atoms with Gasteiger partial charge in [0.1, 0.15) is 6.61 Å². The molecule has 0 radical (unpaired) electrons. The number of fused-ring (bicyclic) bond motifs is 3. The molecule has 2 aromatic rings. The Morgan fingerprint density at radius 2 is 1.61 bits per heavy atom. The van der Waals surface area contributed by atoms with E-state index in [0.717, 1.165) is 35.1 Å². The molecular formula is C26H30N2O5. The molecule has 2 aliphatic carbocycles. The van der Waals surface area contributed by atoms with Gasteiger partial charge >= 0.3 is 12.1 Å². The van der Waals surface area contributed by atoms with Crippen molar-refractivity contribution in [3.05, 3.63) is 59.7 Å². The summed E-state index contributed by atoms with van der Waals surface area (Å²) in [5.74, 6) is -1.71. The molecule has 7 heteroatoms. The molecule has 0 spiro atoms. The number of rotatable bonds is 7. The number of carbonyl (C=O) groups excluding carboxylic acids is 2. The highest BCUT2D eigenvalue weighted by molar-refractivity contribution is 5.80. The van der Waals surface area contributed by atoms with Gasteiger partial charge < -0.3 is 20.5 Å². The van der Waals surface area contributed by atoms with Gasteiger partial charge in [-0.25, -0.2) is 4.79 Å². The molecular weight excluding hydrogens is 420 g/mol. The monoisotopic (exact) mass is 450 g/mol. The van der Waals surface area contributed by atoms with Crippen molar-refractivity contribution in [2.24, 2.45) is 5.92 Å². The summed E-state index contributed by atoms with van der Waals surface area (Å²) >= 11 is 0. The molecule has 2 aliphatic rings. The number of carboxylic acids is 1. The van der Waals surface area contributed by atoms with Gasteiger partial charge in [-0.15, -0.1) is 0 Å². The van der Waals surface area contributed by atoms with Gasteiger partial charge in [0.25, 0.3) is 0 Å². The molecule has 33 heavy (non-hydrogen) atoms. The van der Waals surface area contributed by atoms with E-state index in [0.29, 0.717) is 12.8 Å². The Morgan fingerprint density at radius 1 is 1.00 bits per heavy atom. The molecule has 3 atom stereocenters. The number of carbonyl (C=O) groups is 3. The third-order valence-corrected chi connectivity index (χ3v) is 6.63. The van der Waals surface area contributed by atoms with Gasteiger partial charge in [-0.05, 0) is 42.0 Å². The van der Waals surface area contributed by atoms with E-state index in [1.807, 2.05) is 24.3 Å². The smallest absolute Gasteiger partial charge is 0.407 e. The van der Waals surface area contributed by atoms with E-state index in [9.17, 15) is 19.5 Å². The zero-order chi connectivity index (χ0) is 23.4. The Morgan fingerprint density at radius 3 is 2.24 bits per heavy atom. The van der Waals surface area contributed by atoms with Crippen LogP contribution in [0.25, 0.3) is 11.1 Å². The van der Waals surface area contributed by atoms with Gasteiger partial charge in [0.15, 0.2) is 0 Å². The summed E-state index contributed by atoms with van der Waals surface area (Å²) in [7, 11) is 0. The zero-order valence-corrected chi connectivity index (χ0v) is 18.8. The summed E-state index contributed by atoms with van der Waals surface area (Å²) in [6.45, 7) is 1.94. The highest BCUT2D eigenvalue weighted by Crippen LogP contribution is 2.44. The standard InChI is InChI=1S/C26H30N2O5/c1-16(14-24(29)28-23-13-7-6-12-21(23)25(30)31)27-26(32)33-15-22-19-10-4-2-8-17(19)18-9-3-5-11-20(18)22/h2-5,8-11,16,21-23H,6-7,12-15H2,1H3,(H,27,32)(H,28,29)(H,30,31)/t16-,21?,23?/m0/s1. The number of alkyl carbamates (subject to hydrolysis) is 1. The van der Waals surface area contributed by atoms with Crippen LogP contribution in [0, 0.1) is 5.92 Å². The van der Waals surface area contributed by atoms with Gasteiger partial charge in [-0.2, -0.15) is 0 Å². The predicted molar refractivity (Wildman–Crippen MR) is 124 cm³/mol. The fourth-order valence-electron chi connectivity index (χ4n) is 5.04. The largest absolute Gasteiger partial charge is 0.481 e. The van der Waals surface area contributed by atoms with Crippen molar-refractivity contribution in [2.45, 2.75) is 57.0 Å². The SMILES string of the molecule is C[C@@H](CC(=O)NC1CCCCC1C(=O)O)NC(=O)OCC1c2ccccc2-c2ccccc21. The van der Waals surface area contributed by atoms with E-state index in [2.05, 4.69) is 34.9 Å². The first-order chi connectivity index (χ1) is 15.9. The summed E-state index contributed by atoms with van der Waals surface area (Å²) in [5.41, 5.74) is 4.60. The van der Waals surface area contributed by atoms with Gasteiger partial charge in [0, 0.05) is 24.4 Å². The number of amides is 2. The molecule has 7 nitrogen and oxygen atoms in total. The van der Waals surface area contributed by atoms with E-state index in [-0.39, 0.29) is 30.9 Å². The predicted octanol–water partition coefficient (Wildman–Crippen LogP) is 4.06. The third kappa shape index (κ3) is 5.18. The minimum absolute atomic E-state index is 0.0268. The number of benzene rings is 2. The first kappa shape index (κ1) is 22.8. The van der Waals surface area contributed by atoms with Crippen LogP contribution in [0.2, 0.25) is 0 Å². The molecule has 0 saturated heterocycles. The van der Waals surface area contributed by atoms with Crippen molar-refractivity contribution >= 4 is 18.0 Å². The second-order valence-electron chi connectivity index (χ2n) is 8.98. The molecule has 2 amide bonds. The molecule has 3 N–H and O–H groups in total. The van der Waals surface area contributed by atoms with Crippen LogP contribution in [0.15, 0.2) is 48.5 Å². The van der Waals surface area contributed by atoms with Crippen LogP contribution in [0.5, 0.6) is 0 Å². The fraction of sp³-hybridized carbons (Fsp3) is 0.423. The summed E-state index contributed by atoms with van der Waals surface area (Å²) in [6, 6.07) is 15.5. The van der Waals surface area contributed by atoms with Crippen molar-refractivity contribution in [3.63, 3.8) is 0 Å². The van der Waals surface area contributed by atoms with E-state index in [1.54, 1.807) is 6.92 Å². The number of carboxylic acid groups (broad SMARTS) is 1. The van der Waals surface area contributed by atoms with E-state index in [4.69, 9.17) is 4.74 Å². The van der Waals surface area contributed by atoms with Crippen LogP contribution in [0.3, 0.4) is 0 Å². The van der Waals surface area contributed by atoms with Crippen molar-refractivity contribution in [1.82, 2.24) is 10.6 Å². The summed E-state index contributed by atoms with van der Waals surface area (Å²) < 4.78 is 5.53. The Labute approximate surface area is 193 Å². The Balaban J connectivity index is 1.28. The normalized spacial score (nSPS) is 20.3. The van der Waals surface area contributed by atoms with Crippen LogP contribution in [-0.2, 0) is 14.3 Å². The number of nitrogens with one attached hydrogen (secondary N) is 2. The second kappa shape index (κ2) is 10.1. The van der Waals surface area contributed by atoms with Gasteiger partial charge in [-0.3, -0.25) is 9.59 Å². The fourth-order valence-corrected chi connectivity index (χ4v) is 5.04. The van der Waals surface area contributed by atoms with Gasteiger partial charge in [0.2, 0.25) is 5.91 Å². The molecule has 0 bridgehead atoms. The minimum Gasteiger partial charge on any atom is -0.481 e. The highest BCUT2D eigenvalue weighted by Gasteiger charge is 2.32. The molecule has 4 rings (SSSR count). The molecule has 0 aromatic heterocycles. The lowest BCUT2D eigenvalue weighted by atomic mass is 9.84. The van der Waals surface area contributed by atoms with E-state index in [1.165, 1.54) is 0 Å². The number of hydrogen-bond donors (Lipinski definition) is 3. The second-order valence-corrected chi connectivity index (χ2v) is 8.98. The maximum Gasteiger partial charge on any atom is 0.407 e. The van der Waals surface area contributed by atoms with Crippen LogP contribution in [0.4, 0.5) is 4.79 Å². The minimum atomic E-state index is -0.871. The molecule has 174 valence electrons. The first-order valence-corrected chi connectivity index (χ1v) is 11.6. The molecule has 1 fully saturated rings. The summed E-state index contributed by atoms with van der Waals surface area (Å²) in [6.07, 6.45) is 2.50. The van der Waals surface area contributed by atoms with Crippen LogP contribution in [0.1, 0.15) is 56.1 Å². The molecule has 2 unspecified atom stereocenters. The van der Waals surface area contributed by atoms with E-state index < -0.39 is 24.0 Å². The van der Waals surface area contributed by atoms with Crippen molar-refractivity contribution in [1.29, 1.82) is 0 Å².